The van der Waals surface area contributed by atoms with E-state index in [-0.39, 0.29) is 24.1 Å². The molecule has 0 saturated carbocycles. The van der Waals surface area contributed by atoms with Gasteiger partial charge in [-0.2, -0.15) is 4.39 Å². The van der Waals surface area contributed by atoms with Crippen molar-refractivity contribution in [2.75, 3.05) is 24.7 Å². The first kappa shape index (κ1) is 31.0. The molecule has 8 nitrogen and oxygen atoms in total. The smallest absolute Gasteiger partial charge is 0.253 e. The van der Waals surface area contributed by atoms with Crippen LogP contribution in [0.5, 0.6) is 0 Å². The molecule has 3 heterocycles. The van der Waals surface area contributed by atoms with Crippen molar-refractivity contribution in [1.29, 1.82) is 0 Å². The molecule has 0 radical (unpaired) electrons. The largest absolute Gasteiger partial charge is 0.381 e. The van der Waals surface area contributed by atoms with Crippen LogP contribution in [0.3, 0.4) is 0 Å². The van der Waals surface area contributed by atoms with Gasteiger partial charge in [-0.05, 0) is 63.8 Å². The van der Waals surface area contributed by atoms with Crippen molar-refractivity contribution in [2.24, 2.45) is 7.05 Å². The number of H-pyrrole nitrogens is 1. The fraction of sp³-hybridized carbons (Fsp3) is 0.552. The van der Waals surface area contributed by atoms with Crippen molar-refractivity contribution < 1.29 is 13.9 Å². The third-order valence-electron chi connectivity index (χ3n) is 6.75. The zero-order valence-corrected chi connectivity index (χ0v) is 24.4. The first-order chi connectivity index (χ1) is 18.2. The molecule has 0 unspecified atom stereocenters. The number of halogens is 1. The number of benzene rings is 1. The summed E-state index contributed by atoms with van der Waals surface area (Å²) in [5.41, 5.74) is 4.29. The molecule has 0 spiro atoms. The van der Waals surface area contributed by atoms with E-state index in [9.17, 15) is 9.59 Å². The lowest BCUT2D eigenvalue weighted by molar-refractivity contribution is 0.0846. The Bertz CT molecular complexity index is 1290. The fourth-order valence-corrected chi connectivity index (χ4v) is 5.00. The molecule has 0 aliphatic carbocycles. The van der Waals surface area contributed by atoms with Gasteiger partial charge < -0.3 is 19.9 Å². The van der Waals surface area contributed by atoms with Gasteiger partial charge in [0.2, 0.25) is 5.95 Å². The predicted molar refractivity (Wildman–Crippen MR) is 153 cm³/mol. The minimum absolute atomic E-state index is 0.101. The number of carbonyl (C=O) groups excluding carboxylic acids is 1. The summed E-state index contributed by atoms with van der Waals surface area (Å²) < 4.78 is 22.0. The number of fused-ring (bicyclic) bond motifs is 1. The van der Waals surface area contributed by atoms with Gasteiger partial charge in [0.05, 0.1) is 16.6 Å². The summed E-state index contributed by atoms with van der Waals surface area (Å²) in [5, 5.41) is 7.32. The summed E-state index contributed by atoms with van der Waals surface area (Å²) in [7, 11) is 1.67. The van der Waals surface area contributed by atoms with E-state index in [2.05, 4.69) is 20.3 Å². The summed E-state index contributed by atoms with van der Waals surface area (Å²) in [5.74, 6) is -0.862. The quantitative estimate of drug-likeness (QED) is 0.451. The second-order valence-corrected chi connectivity index (χ2v) is 8.96. The number of pyridine rings is 1. The molecule has 9 heteroatoms. The number of aryl methyl sites for hydroxylation is 3. The van der Waals surface area contributed by atoms with Gasteiger partial charge in [-0.25, -0.2) is 0 Å². The Morgan fingerprint density at radius 3 is 2.39 bits per heavy atom. The highest BCUT2D eigenvalue weighted by Gasteiger charge is 2.29. The van der Waals surface area contributed by atoms with E-state index in [0.717, 1.165) is 24.1 Å². The van der Waals surface area contributed by atoms with Crippen molar-refractivity contribution in [3.8, 4) is 0 Å². The molecule has 1 aromatic carbocycles. The van der Waals surface area contributed by atoms with E-state index in [1.54, 1.807) is 13.1 Å². The molecule has 2 N–H and O–H groups in total. The minimum Gasteiger partial charge on any atom is -0.381 e. The molecular weight excluding hydrogens is 485 g/mol. The summed E-state index contributed by atoms with van der Waals surface area (Å²) in [4.78, 5) is 30.7. The molecule has 4 rings (SSSR count). The van der Waals surface area contributed by atoms with E-state index >= 15 is 4.39 Å². The Labute approximate surface area is 225 Å². The maximum atomic E-state index is 15.0. The van der Waals surface area contributed by atoms with Crippen molar-refractivity contribution in [3.05, 3.63) is 56.4 Å². The van der Waals surface area contributed by atoms with Crippen LogP contribution in [0.15, 0.2) is 16.9 Å². The average molecular weight is 530 g/mol. The lowest BCUT2D eigenvalue weighted by Gasteiger charge is -2.37. The number of aromatic nitrogens is 3. The SMILES string of the molecule is CC.CC.CCN(c1c(C)c(C(=O)NCc2c(C)cc(C)[nH]c2=O)cc2c1c(F)nn2C)C1CCOCC1. The first-order valence-corrected chi connectivity index (χ1v) is 13.7. The molecule has 0 atom stereocenters. The summed E-state index contributed by atoms with van der Waals surface area (Å²) >= 11 is 0. The number of hydrogen-bond acceptors (Lipinski definition) is 5. The zero-order valence-electron chi connectivity index (χ0n) is 24.4. The number of aromatic amines is 1. The summed E-state index contributed by atoms with van der Waals surface area (Å²) in [6, 6.07) is 3.75. The van der Waals surface area contributed by atoms with Crippen LogP contribution in [0, 0.1) is 26.7 Å². The third-order valence-corrected chi connectivity index (χ3v) is 6.75. The van der Waals surface area contributed by atoms with E-state index in [4.69, 9.17) is 4.74 Å². The van der Waals surface area contributed by atoms with Gasteiger partial charge >= 0.3 is 0 Å². The Morgan fingerprint density at radius 2 is 1.82 bits per heavy atom. The highest BCUT2D eigenvalue weighted by Crippen LogP contribution is 2.37. The second kappa shape index (κ2) is 14.1. The predicted octanol–water partition coefficient (Wildman–Crippen LogP) is 5.31. The molecule has 1 aliphatic rings. The van der Waals surface area contributed by atoms with Crippen LogP contribution in [0.2, 0.25) is 0 Å². The van der Waals surface area contributed by atoms with Gasteiger partial charge in [-0.1, -0.05) is 27.7 Å². The molecule has 1 amide bonds. The Hall–Kier alpha value is -3.20. The molecule has 1 fully saturated rings. The van der Waals surface area contributed by atoms with Crippen LogP contribution in [-0.4, -0.2) is 46.5 Å². The summed E-state index contributed by atoms with van der Waals surface area (Å²) in [6.45, 7) is 17.6. The maximum Gasteiger partial charge on any atom is 0.253 e. The van der Waals surface area contributed by atoms with E-state index in [1.807, 2.05) is 61.5 Å². The number of hydrogen-bond donors (Lipinski definition) is 2. The molecule has 38 heavy (non-hydrogen) atoms. The molecule has 3 aromatic rings. The Morgan fingerprint density at radius 1 is 1.18 bits per heavy atom. The highest BCUT2D eigenvalue weighted by molar-refractivity contribution is 6.05. The average Bonchev–Trinajstić information content (AvgIpc) is 3.20. The van der Waals surface area contributed by atoms with Crippen LogP contribution < -0.4 is 15.8 Å². The normalized spacial score (nSPS) is 13.3. The minimum atomic E-state index is -0.546. The molecule has 0 bridgehead atoms. The Balaban J connectivity index is 0.00000121. The topological polar surface area (TPSA) is 92.3 Å². The van der Waals surface area contributed by atoms with Crippen LogP contribution in [0.25, 0.3) is 10.9 Å². The third kappa shape index (κ3) is 6.43. The van der Waals surface area contributed by atoms with Crippen molar-refractivity contribution in [3.63, 3.8) is 0 Å². The number of rotatable bonds is 6. The van der Waals surface area contributed by atoms with Gasteiger partial charge in [0.25, 0.3) is 11.5 Å². The maximum absolute atomic E-state index is 15.0. The van der Waals surface area contributed by atoms with Gasteiger partial charge in [-0.3, -0.25) is 14.3 Å². The van der Waals surface area contributed by atoms with Crippen molar-refractivity contribution in [2.45, 2.75) is 80.8 Å². The van der Waals surface area contributed by atoms with E-state index in [1.165, 1.54) is 4.68 Å². The van der Waals surface area contributed by atoms with E-state index in [0.29, 0.717) is 53.0 Å². The van der Waals surface area contributed by atoms with Gasteiger partial charge in [0, 0.05) is 56.2 Å². The van der Waals surface area contributed by atoms with Gasteiger partial charge in [0.1, 0.15) is 0 Å². The summed E-state index contributed by atoms with van der Waals surface area (Å²) in [6.07, 6.45) is 1.67. The molecule has 2 aromatic heterocycles. The number of nitrogens with zero attached hydrogens (tertiary/aromatic N) is 3. The van der Waals surface area contributed by atoms with Crippen molar-refractivity contribution >= 4 is 22.5 Å². The number of nitrogens with one attached hydrogen (secondary N) is 2. The van der Waals surface area contributed by atoms with Gasteiger partial charge in [0.15, 0.2) is 0 Å². The molecular formula is C29H44FN5O3. The monoisotopic (exact) mass is 529 g/mol. The lowest BCUT2D eigenvalue weighted by Crippen LogP contribution is -2.40. The molecule has 210 valence electrons. The van der Waals surface area contributed by atoms with Crippen LogP contribution in [0.1, 0.15) is 80.2 Å². The number of carbonyl (C=O) groups is 1. The lowest BCUT2D eigenvalue weighted by atomic mass is 9.98. The standard InChI is InChI=1S/C25H32FN5O3.2C2H6/c1-6-31(17-7-9-34-10-8-17)22-16(4)18(12-20-21(22)23(26)29-30(20)5)24(32)27-13-19-14(2)11-15(3)28-25(19)33;2*1-2/h11-12,17H,6-10,13H2,1-5H3,(H,27,32)(H,28,33);2*1-2H3. The zero-order chi connectivity index (χ0) is 28.6. The number of anilines is 1. The van der Waals surface area contributed by atoms with Crippen LogP contribution in [0.4, 0.5) is 10.1 Å². The van der Waals surface area contributed by atoms with Crippen molar-refractivity contribution in [1.82, 2.24) is 20.1 Å². The van der Waals surface area contributed by atoms with E-state index < -0.39 is 5.95 Å². The number of amides is 1. The first-order valence-electron chi connectivity index (χ1n) is 13.7. The van der Waals surface area contributed by atoms with Gasteiger partial charge in [-0.15, -0.1) is 5.10 Å². The molecule has 1 saturated heterocycles. The fourth-order valence-electron chi connectivity index (χ4n) is 5.00. The van der Waals surface area contributed by atoms with Crippen LogP contribution >= 0.6 is 0 Å². The second-order valence-electron chi connectivity index (χ2n) is 8.96. The van der Waals surface area contributed by atoms with Crippen LogP contribution in [-0.2, 0) is 18.3 Å². The Kier molecular flexibility index (Phi) is 11.5. The highest BCUT2D eigenvalue weighted by atomic mass is 19.1. The molecule has 1 aliphatic heterocycles. The number of ether oxygens (including phenoxy) is 1.